The summed E-state index contributed by atoms with van der Waals surface area (Å²) < 4.78 is 37.3. The first-order valence-electron chi connectivity index (χ1n) is 6.60. The first kappa shape index (κ1) is 14.8. The third kappa shape index (κ3) is 3.30. The van der Waals surface area contributed by atoms with Crippen molar-refractivity contribution in [3.63, 3.8) is 0 Å². The zero-order chi connectivity index (χ0) is 14.8. The van der Waals surface area contributed by atoms with Crippen LogP contribution in [0.2, 0.25) is 0 Å². The molecule has 1 aliphatic heterocycles. The predicted molar refractivity (Wildman–Crippen MR) is 68.9 cm³/mol. The lowest BCUT2D eigenvalue weighted by Gasteiger charge is -2.17. The van der Waals surface area contributed by atoms with Crippen molar-refractivity contribution in [3.05, 3.63) is 35.4 Å². The van der Waals surface area contributed by atoms with Gasteiger partial charge in [-0.25, -0.2) is 0 Å². The summed E-state index contributed by atoms with van der Waals surface area (Å²) in [6.07, 6.45) is -3.58. The number of carbonyl (C=O) groups excluding carboxylic acids is 1. The van der Waals surface area contributed by atoms with Crippen molar-refractivity contribution in [1.82, 2.24) is 10.2 Å². The number of nitrogens with one attached hydrogen (secondary N) is 1. The van der Waals surface area contributed by atoms with Gasteiger partial charge < -0.3 is 10.2 Å². The fourth-order valence-electron chi connectivity index (χ4n) is 2.35. The van der Waals surface area contributed by atoms with E-state index < -0.39 is 11.7 Å². The van der Waals surface area contributed by atoms with E-state index in [4.69, 9.17) is 0 Å². The minimum atomic E-state index is -4.32. The molecule has 1 N–H and O–H groups in total. The van der Waals surface area contributed by atoms with E-state index in [2.05, 4.69) is 5.32 Å². The molecule has 0 saturated carbocycles. The van der Waals surface area contributed by atoms with Gasteiger partial charge in [-0.05, 0) is 30.7 Å². The molecular formula is C14H17F3N2O. The lowest BCUT2D eigenvalue weighted by molar-refractivity contribution is -0.137. The smallest absolute Gasteiger partial charge is 0.337 e. The lowest BCUT2D eigenvalue weighted by atomic mass is 10.1. The zero-order valence-electron chi connectivity index (χ0n) is 11.2. The van der Waals surface area contributed by atoms with Crippen LogP contribution in [-0.2, 0) is 17.5 Å². The molecule has 1 atom stereocenters. The summed E-state index contributed by atoms with van der Waals surface area (Å²) in [6, 6.07) is 4.80. The highest BCUT2D eigenvalue weighted by molar-refractivity contribution is 5.83. The maximum Gasteiger partial charge on any atom is 0.416 e. The standard InChI is InChI=1S/C14H17F3N2O/c1-2-18-12-7-8-19(13(12)20)9-10-3-5-11(6-4-10)14(15,16)17/h3-6,12,18H,2,7-9H2,1H3. The first-order valence-corrected chi connectivity index (χ1v) is 6.60. The Labute approximate surface area is 115 Å². The van der Waals surface area contributed by atoms with E-state index in [1.807, 2.05) is 6.92 Å². The van der Waals surface area contributed by atoms with E-state index in [1.54, 1.807) is 4.90 Å². The van der Waals surface area contributed by atoms with Crippen LogP contribution in [0.1, 0.15) is 24.5 Å². The van der Waals surface area contributed by atoms with E-state index in [0.717, 1.165) is 25.1 Å². The third-order valence-electron chi connectivity index (χ3n) is 3.40. The van der Waals surface area contributed by atoms with E-state index in [1.165, 1.54) is 12.1 Å². The molecule has 0 spiro atoms. The van der Waals surface area contributed by atoms with E-state index in [9.17, 15) is 18.0 Å². The second kappa shape index (κ2) is 5.83. The minimum absolute atomic E-state index is 0.0201. The van der Waals surface area contributed by atoms with Gasteiger partial charge in [0.25, 0.3) is 0 Å². The van der Waals surface area contributed by atoms with Crippen LogP contribution in [0.15, 0.2) is 24.3 Å². The van der Waals surface area contributed by atoms with Crippen LogP contribution in [0.3, 0.4) is 0 Å². The second-order valence-corrected chi connectivity index (χ2v) is 4.85. The van der Waals surface area contributed by atoms with Gasteiger partial charge in [0.1, 0.15) is 0 Å². The molecule has 0 aromatic heterocycles. The Morgan fingerprint density at radius 1 is 1.30 bits per heavy atom. The van der Waals surface area contributed by atoms with Gasteiger partial charge in [0.05, 0.1) is 11.6 Å². The Bertz CT molecular complexity index is 470. The highest BCUT2D eigenvalue weighted by atomic mass is 19.4. The van der Waals surface area contributed by atoms with Crippen LogP contribution in [0, 0.1) is 0 Å². The number of benzene rings is 1. The van der Waals surface area contributed by atoms with Crippen LogP contribution in [0.4, 0.5) is 13.2 Å². The number of rotatable bonds is 4. The fraction of sp³-hybridized carbons (Fsp3) is 0.500. The van der Waals surface area contributed by atoms with Crippen LogP contribution < -0.4 is 5.32 Å². The minimum Gasteiger partial charge on any atom is -0.337 e. The molecule has 1 aromatic rings. The Morgan fingerprint density at radius 2 is 1.95 bits per heavy atom. The Hall–Kier alpha value is -1.56. The number of hydrogen-bond acceptors (Lipinski definition) is 2. The van der Waals surface area contributed by atoms with Crippen molar-refractivity contribution >= 4 is 5.91 Å². The summed E-state index contributed by atoms with van der Waals surface area (Å²) in [4.78, 5) is 13.7. The molecule has 1 unspecified atom stereocenters. The molecular weight excluding hydrogens is 269 g/mol. The monoisotopic (exact) mass is 286 g/mol. The topological polar surface area (TPSA) is 32.3 Å². The molecule has 0 bridgehead atoms. The number of carbonyl (C=O) groups is 1. The van der Waals surface area contributed by atoms with Gasteiger partial charge in [-0.15, -0.1) is 0 Å². The van der Waals surface area contributed by atoms with Crippen molar-refractivity contribution in [3.8, 4) is 0 Å². The largest absolute Gasteiger partial charge is 0.416 e. The van der Waals surface area contributed by atoms with E-state index in [0.29, 0.717) is 18.7 Å². The van der Waals surface area contributed by atoms with Crippen LogP contribution in [0.5, 0.6) is 0 Å². The molecule has 1 aromatic carbocycles. The van der Waals surface area contributed by atoms with Crippen LogP contribution >= 0.6 is 0 Å². The summed E-state index contributed by atoms with van der Waals surface area (Å²) >= 11 is 0. The number of likely N-dealkylation sites (N-methyl/N-ethyl adjacent to an activating group) is 1. The fourth-order valence-corrected chi connectivity index (χ4v) is 2.35. The highest BCUT2D eigenvalue weighted by Gasteiger charge is 2.32. The molecule has 3 nitrogen and oxygen atoms in total. The average Bonchev–Trinajstić information content (AvgIpc) is 2.72. The molecule has 6 heteroatoms. The number of hydrogen-bond donors (Lipinski definition) is 1. The molecule has 1 aliphatic rings. The molecule has 1 saturated heterocycles. The van der Waals surface area contributed by atoms with E-state index >= 15 is 0 Å². The second-order valence-electron chi connectivity index (χ2n) is 4.85. The SMILES string of the molecule is CCNC1CCN(Cc2ccc(C(F)(F)F)cc2)C1=O. The Morgan fingerprint density at radius 3 is 2.50 bits per heavy atom. The number of halogens is 3. The molecule has 1 amide bonds. The normalized spacial score (nSPS) is 19.7. The summed E-state index contributed by atoms with van der Waals surface area (Å²) in [5.74, 6) is 0.0201. The summed E-state index contributed by atoms with van der Waals surface area (Å²) in [5, 5.41) is 3.10. The Kier molecular flexibility index (Phi) is 4.32. The number of likely N-dealkylation sites (tertiary alicyclic amines) is 1. The number of alkyl halides is 3. The van der Waals surface area contributed by atoms with Gasteiger partial charge in [0, 0.05) is 13.1 Å². The molecule has 1 fully saturated rings. The summed E-state index contributed by atoms with van der Waals surface area (Å²) in [6.45, 7) is 3.66. The van der Waals surface area contributed by atoms with Gasteiger partial charge in [0.15, 0.2) is 0 Å². The van der Waals surface area contributed by atoms with Crippen molar-refractivity contribution in [1.29, 1.82) is 0 Å². The number of nitrogens with zero attached hydrogens (tertiary/aromatic N) is 1. The average molecular weight is 286 g/mol. The van der Waals surface area contributed by atoms with Gasteiger partial charge in [0.2, 0.25) is 5.91 Å². The molecule has 2 rings (SSSR count). The van der Waals surface area contributed by atoms with Crippen LogP contribution in [-0.4, -0.2) is 29.9 Å². The van der Waals surface area contributed by atoms with Crippen molar-refractivity contribution < 1.29 is 18.0 Å². The van der Waals surface area contributed by atoms with Gasteiger partial charge >= 0.3 is 6.18 Å². The van der Waals surface area contributed by atoms with Crippen molar-refractivity contribution in [2.24, 2.45) is 0 Å². The summed E-state index contributed by atoms with van der Waals surface area (Å²) in [5.41, 5.74) is 0.0445. The quantitative estimate of drug-likeness (QED) is 0.922. The zero-order valence-corrected chi connectivity index (χ0v) is 11.2. The van der Waals surface area contributed by atoms with Crippen molar-refractivity contribution in [2.75, 3.05) is 13.1 Å². The summed E-state index contributed by atoms with van der Waals surface area (Å²) in [7, 11) is 0. The van der Waals surface area contributed by atoms with Gasteiger partial charge in [-0.3, -0.25) is 4.79 Å². The third-order valence-corrected chi connectivity index (χ3v) is 3.40. The predicted octanol–water partition coefficient (Wildman–Crippen LogP) is 2.42. The van der Waals surface area contributed by atoms with Crippen molar-refractivity contribution in [2.45, 2.75) is 32.1 Å². The highest BCUT2D eigenvalue weighted by Crippen LogP contribution is 2.29. The molecule has 0 radical (unpaired) electrons. The van der Waals surface area contributed by atoms with Gasteiger partial charge in [-0.2, -0.15) is 13.2 Å². The van der Waals surface area contributed by atoms with Crippen LogP contribution in [0.25, 0.3) is 0 Å². The molecule has 1 heterocycles. The maximum atomic E-state index is 12.4. The lowest BCUT2D eigenvalue weighted by Crippen LogP contribution is -2.37. The van der Waals surface area contributed by atoms with E-state index in [-0.39, 0.29) is 11.9 Å². The first-order chi connectivity index (χ1) is 9.41. The molecule has 0 aliphatic carbocycles. The number of amides is 1. The van der Waals surface area contributed by atoms with Gasteiger partial charge in [-0.1, -0.05) is 19.1 Å². The Balaban J connectivity index is 1.99. The molecule has 110 valence electrons. The molecule has 20 heavy (non-hydrogen) atoms. The maximum absolute atomic E-state index is 12.4.